The van der Waals surface area contributed by atoms with Crippen molar-refractivity contribution in [3.05, 3.63) is 71.3 Å². The van der Waals surface area contributed by atoms with E-state index < -0.39 is 16.0 Å². The summed E-state index contributed by atoms with van der Waals surface area (Å²) < 4.78 is 30.3. The van der Waals surface area contributed by atoms with Gasteiger partial charge in [-0.1, -0.05) is 30.3 Å². The zero-order valence-corrected chi connectivity index (χ0v) is 16.5. The van der Waals surface area contributed by atoms with Crippen LogP contribution >= 0.6 is 0 Å². The quantitative estimate of drug-likeness (QED) is 0.424. The van der Waals surface area contributed by atoms with Crippen LogP contribution in [0.25, 0.3) is 6.08 Å². The van der Waals surface area contributed by atoms with Crippen LogP contribution in [0, 0.1) is 0 Å². The molecule has 28 heavy (non-hydrogen) atoms. The summed E-state index contributed by atoms with van der Waals surface area (Å²) in [6, 6.07) is 13.9. The van der Waals surface area contributed by atoms with Gasteiger partial charge in [-0.15, -0.1) is 0 Å². The van der Waals surface area contributed by atoms with Gasteiger partial charge >= 0.3 is 5.97 Å². The van der Waals surface area contributed by atoms with E-state index in [9.17, 15) is 18.0 Å². The first-order chi connectivity index (χ1) is 13.3. The summed E-state index contributed by atoms with van der Waals surface area (Å²) in [6.07, 6.45) is 4.59. The summed E-state index contributed by atoms with van der Waals surface area (Å²) in [7, 11) is -3.38. The molecule has 146 valence electrons. The van der Waals surface area contributed by atoms with Gasteiger partial charge in [-0.25, -0.2) is 13.2 Å². The monoisotopic (exact) mass is 399 g/mol. The van der Waals surface area contributed by atoms with E-state index in [1.54, 1.807) is 24.3 Å². The third kappa shape index (κ3) is 4.48. The Hall–Kier alpha value is -2.93. The fraction of sp³-hybridized carbons (Fsp3) is 0.238. The predicted octanol–water partition coefficient (Wildman–Crippen LogP) is 2.84. The van der Waals surface area contributed by atoms with Crippen LogP contribution in [0.1, 0.15) is 28.4 Å². The van der Waals surface area contributed by atoms with Gasteiger partial charge in [-0.3, -0.25) is 9.10 Å². The zero-order chi connectivity index (χ0) is 20.3. The second-order valence-corrected chi connectivity index (χ2v) is 8.59. The molecule has 1 aliphatic rings. The van der Waals surface area contributed by atoms with Gasteiger partial charge in [-0.2, -0.15) is 0 Å². The molecule has 6 nitrogen and oxygen atoms in total. The summed E-state index contributed by atoms with van der Waals surface area (Å²) in [5.41, 5.74) is 2.63. The Morgan fingerprint density at radius 3 is 2.57 bits per heavy atom. The Morgan fingerprint density at radius 1 is 1.18 bits per heavy atom. The van der Waals surface area contributed by atoms with Gasteiger partial charge in [-0.05, 0) is 48.7 Å². The standard InChI is InChI=1S/C21H21NO5S/c1-15-12-18-13-17(9-10-19(18)22(15)28(2,25)26)20(23)14-27-21(24)11-8-16-6-4-3-5-7-16/h3-11,13,15H,12,14H2,1-2H3/b11-8+/t15-/m1/s1. The molecule has 0 radical (unpaired) electrons. The van der Waals surface area contributed by atoms with Crippen LogP contribution in [0.4, 0.5) is 5.69 Å². The number of anilines is 1. The number of Topliss-reactive ketones (excluding diaryl/α,β-unsaturated/α-hetero) is 1. The van der Waals surface area contributed by atoms with Crippen LogP contribution in [0.2, 0.25) is 0 Å². The second-order valence-electron chi connectivity index (χ2n) is 6.73. The largest absolute Gasteiger partial charge is 0.454 e. The number of benzene rings is 2. The van der Waals surface area contributed by atoms with Crippen LogP contribution < -0.4 is 4.31 Å². The molecule has 0 unspecified atom stereocenters. The predicted molar refractivity (Wildman–Crippen MR) is 108 cm³/mol. The molecule has 0 amide bonds. The third-order valence-corrected chi connectivity index (χ3v) is 5.74. The summed E-state index contributed by atoms with van der Waals surface area (Å²) in [6.45, 7) is 1.45. The Bertz CT molecular complexity index is 1030. The van der Waals surface area contributed by atoms with E-state index in [1.807, 2.05) is 37.3 Å². The fourth-order valence-corrected chi connectivity index (χ4v) is 4.54. The van der Waals surface area contributed by atoms with Crippen LogP contribution in [0.5, 0.6) is 0 Å². The molecule has 0 fully saturated rings. The molecule has 0 aromatic heterocycles. The molecule has 1 aliphatic heterocycles. The van der Waals surface area contributed by atoms with E-state index in [4.69, 9.17) is 4.74 Å². The number of esters is 1. The first-order valence-electron chi connectivity index (χ1n) is 8.81. The van der Waals surface area contributed by atoms with Crippen molar-refractivity contribution in [2.75, 3.05) is 17.2 Å². The highest BCUT2D eigenvalue weighted by Gasteiger charge is 2.32. The topological polar surface area (TPSA) is 80.8 Å². The van der Waals surface area contributed by atoms with E-state index in [1.165, 1.54) is 16.6 Å². The summed E-state index contributed by atoms with van der Waals surface area (Å²) in [4.78, 5) is 24.2. The Morgan fingerprint density at radius 2 is 1.89 bits per heavy atom. The number of sulfonamides is 1. The molecule has 0 spiro atoms. The SMILES string of the molecule is C[C@@H]1Cc2cc(C(=O)COC(=O)/C=C/c3ccccc3)ccc2N1S(C)(=O)=O. The number of nitrogens with zero attached hydrogens (tertiary/aromatic N) is 1. The smallest absolute Gasteiger partial charge is 0.331 e. The van der Waals surface area contributed by atoms with Crippen molar-refractivity contribution < 1.29 is 22.7 Å². The van der Waals surface area contributed by atoms with Crippen molar-refractivity contribution in [3.63, 3.8) is 0 Å². The Kier molecular flexibility index (Phi) is 5.65. The average Bonchev–Trinajstić information content (AvgIpc) is 3.00. The molecule has 0 N–H and O–H groups in total. The number of rotatable bonds is 6. The van der Waals surface area contributed by atoms with Crippen molar-refractivity contribution in [1.29, 1.82) is 0 Å². The number of hydrogen-bond acceptors (Lipinski definition) is 5. The number of ketones is 1. The van der Waals surface area contributed by atoms with E-state index in [2.05, 4.69) is 0 Å². The van der Waals surface area contributed by atoms with Crippen molar-refractivity contribution in [2.45, 2.75) is 19.4 Å². The maximum atomic E-state index is 12.4. The molecule has 3 rings (SSSR count). The molecule has 2 aromatic carbocycles. The molecule has 7 heteroatoms. The van der Waals surface area contributed by atoms with E-state index in [-0.39, 0.29) is 18.4 Å². The van der Waals surface area contributed by atoms with Crippen LogP contribution in [-0.2, 0) is 26.0 Å². The van der Waals surface area contributed by atoms with Crippen molar-refractivity contribution in [1.82, 2.24) is 0 Å². The summed E-state index contributed by atoms with van der Waals surface area (Å²) in [5.74, 6) is -0.940. The van der Waals surface area contributed by atoms with E-state index >= 15 is 0 Å². The lowest BCUT2D eigenvalue weighted by Crippen LogP contribution is -2.34. The van der Waals surface area contributed by atoms with Gasteiger partial charge in [0.2, 0.25) is 10.0 Å². The summed E-state index contributed by atoms with van der Waals surface area (Å²) >= 11 is 0. The lowest BCUT2D eigenvalue weighted by Gasteiger charge is -2.21. The van der Waals surface area contributed by atoms with E-state index in [0.29, 0.717) is 17.7 Å². The molecule has 0 bridgehead atoms. The maximum absolute atomic E-state index is 12.4. The molecule has 0 saturated heterocycles. The molecule has 0 saturated carbocycles. The molecule has 0 aliphatic carbocycles. The number of ether oxygens (including phenoxy) is 1. The van der Waals surface area contributed by atoms with Gasteiger partial charge < -0.3 is 4.74 Å². The van der Waals surface area contributed by atoms with Crippen molar-refractivity contribution in [3.8, 4) is 0 Å². The van der Waals surface area contributed by atoms with Gasteiger partial charge in [0.1, 0.15) is 0 Å². The van der Waals surface area contributed by atoms with Crippen molar-refractivity contribution >= 4 is 33.5 Å². The minimum atomic E-state index is -3.38. The zero-order valence-electron chi connectivity index (χ0n) is 15.7. The molecular weight excluding hydrogens is 378 g/mol. The normalized spacial score (nSPS) is 16.2. The van der Waals surface area contributed by atoms with Gasteiger partial charge in [0.15, 0.2) is 12.4 Å². The molecule has 2 aromatic rings. The van der Waals surface area contributed by atoms with Gasteiger partial charge in [0, 0.05) is 17.7 Å². The fourth-order valence-electron chi connectivity index (χ4n) is 3.28. The first-order valence-corrected chi connectivity index (χ1v) is 10.7. The van der Waals surface area contributed by atoms with Crippen LogP contribution in [0.15, 0.2) is 54.6 Å². The molecule has 1 heterocycles. The van der Waals surface area contributed by atoms with Crippen LogP contribution in [-0.4, -0.2) is 39.1 Å². The average molecular weight is 399 g/mol. The van der Waals surface area contributed by atoms with Gasteiger partial charge in [0.25, 0.3) is 0 Å². The number of hydrogen-bond donors (Lipinski definition) is 0. The second kappa shape index (κ2) is 7.98. The third-order valence-electron chi connectivity index (χ3n) is 4.47. The maximum Gasteiger partial charge on any atom is 0.331 e. The lowest BCUT2D eigenvalue weighted by atomic mass is 10.0. The number of carbonyl (C=O) groups excluding carboxylic acids is 2. The Balaban J connectivity index is 1.64. The minimum Gasteiger partial charge on any atom is -0.454 e. The highest BCUT2D eigenvalue weighted by molar-refractivity contribution is 7.92. The molecule has 1 atom stereocenters. The molecular formula is C21H21NO5S. The Labute approximate surface area is 164 Å². The van der Waals surface area contributed by atoms with E-state index in [0.717, 1.165) is 11.1 Å². The minimum absolute atomic E-state index is 0.198. The van der Waals surface area contributed by atoms with Crippen LogP contribution in [0.3, 0.4) is 0 Å². The highest BCUT2D eigenvalue weighted by Crippen LogP contribution is 2.34. The van der Waals surface area contributed by atoms with Crippen molar-refractivity contribution in [2.24, 2.45) is 0 Å². The lowest BCUT2D eigenvalue weighted by molar-refractivity contribution is -0.136. The number of carbonyl (C=O) groups is 2. The first kappa shape index (κ1) is 19.8. The summed E-state index contributed by atoms with van der Waals surface area (Å²) in [5, 5.41) is 0. The highest BCUT2D eigenvalue weighted by atomic mass is 32.2. The number of fused-ring (bicyclic) bond motifs is 1. The van der Waals surface area contributed by atoms with Gasteiger partial charge in [0.05, 0.1) is 11.9 Å².